The van der Waals surface area contributed by atoms with Gasteiger partial charge in [0.2, 0.25) is 0 Å². The van der Waals surface area contributed by atoms with Gasteiger partial charge in [-0.15, -0.1) is 0 Å². The molecule has 0 fully saturated rings. The highest BCUT2D eigenvalue weighted by Crippen LogP contribution is 2.19. The highest BCUT2D eigenvalue weighted by Gasteiger charge is 2.21. The SMILES string of the molecule is COC(=O)CC(NC(=O)c1ccoc1C)c1ccccc1. The number of hydrogen-bond acceptors (Lipinski definition) is 4. The molecular weight excluding hydrogens is 270 g/mol. The number of aryl methyl sites for hydroxylation is 1. The maximum atomic E-state index is 12.3. The van der Waals surface area contributed by atoms with Crippen LogP contribution in [0.5, 0.6) is 0 Å². The molecule has 0 saturated carbocycles. The summed E-state index contributed by atoms with van der Waals surface area (Å²) >= 11 is 0. The van der Waals surface area contributed by atoms with Crippen molar-refractivity contribution in [3.8, 4) is 0 Å². The molecule has 1 aromatic carbocycles. The number of carbonyl (C=O) groups is 2. The molecule has 0 spiro atoms. The van der Waals surface area contributed by atoms with E-state index in [0.717, 1.165) is 5.56 Å². The minimum absolute atomic E-state index is 0.0726. The van der Waals surface area contributed by atoms with E-state index in [1.54, 1.807) is 13.0 Å². The van der Waals surface area contributed by atoms with E-state index < -0.39 is 6.04 Å². The Morgan fingerprint density at radius 2 is 1.95 bits per heavy atom. The van der Waals surface area contributed by atoms with Crippen LogP contribution in [0, 0.1) is 6.92 Å². The molecule has 1 aromatic heterocycles. The van der Waals surface area contributed by atoms with Crippen molar-refractivity contribution in [1.82, 2.24) is 5.32 Å². The van der Waals surface area contributed by atoms with Gasteiger partial charge in [0.05, 0.1) is 31.4 Å². The van der Waals surface area contributed by atoms with Crippen LogP contribution in [0.25, 0.3) is 0 Å². The summed E-state index contributed by atoms with van der Waals surface area (Å²) in [7, 11) is 1.33. The minimum Gasteiger partial charge on any atom is -0.469 e. The number of furan rings is 1. The quantitative estimate of drug-likeness (QED) is 0.858. The molecule has 0 aliphatic heterocycles. The lowest BCUT2D eigenvalue weighted by Crippen LogP contribution is -2.30. The van der Waals surface area contributed by atoms with E-state index >= 15 is 0 Å². The van der Waals surface area contributed by atoms with Crippen LogP contribution < -0.4 is 5.32 Å². The zero-order valence-corrected chi connectivity index (χ0v) is 12.0. The fourth-order valence-electron chi connectivity index (χ4n) is 2.04. The molecule has 0 aliphatic rings. The van der Waals surface area contributed by atoms with Crippen LogP contribution >= 0.6 is 0 Å². The first-order valence-corrected chi connectivity index (χ1v) is 6.58. The topological polar surface area (TPSA) is 68.5 Å². The van der Waals surface area contributed by atoms with Crippen molar-refractivity contribution in [2.75, 3.05) is 7.11 Å². The number of methoxy groups -OCH3 is 1. The van der Waals surface area contributed by atoms with Gasteiger partial charge < -0.3 is 14.5 Å². The van der Waals surface area contributed by atoms with Gasteiger partial charge in [-0.25, -0.2) is 0 Å². The second-order valence-electron chi connectivity index (χ2n) is 4.61. The summed E-state index contributed by atoms with van der Waals surface area (Å²) in [5, 5.41) is 2.84. The van der Waals surface area contributed by atoms with E-state index in [0.29, 0.717) is 11.3 Å². The van der Waals surface area contributed by atoms with Crippen molar-refractivity contribution in [3.05, 3.63) is 59.5 Å². The lowest BCUT2D eigenvalue weighted by Gasteiger charge is -2.18. The van der Waals surface area contributed by atoms with E-state index in [4.69, 9.17) is 4.42 Å². The van der Waals surface area contributed by atoms with Gasteiger partial charge in [0, 0.05) is 0 Å². The average Bonchev–Trinajstić information content (AvgIpc) is 2.93. The van der Waals surface area contributed by atoms with Crippen LogP contribution in [0.3, 0.4) is 0 Å². The third-order valence-corrected chi connectivity index (χ3v) is 3.21. The molecule has 21 heavy (non-hydrogen) atoms. The standard InChI is InChI=1S/C16H17NO4/c1-11-13(8-9-21-11)16(19)17-14(10-15(18)20-2)12-6-4-3-5-7-12/h3-9,14H,10H2,1-2H3,(H,17,19). The molecule has 2 aromatic rings. The summed E-state index contributed by atoms with van der Waals surface area (Å²) in [6, 6.07) is 10.5. The normalized spacial score (nSPS) is 11.7. The number of ether oxygens (including phenoxy) is 1. The Bertz CT molecular complexity index is 618. The second kappa shape index (κ2) is 6.74. The molecule has 5 heteroatoms. The first-order valence-electron chi connectivity index (χ1n) is 6.58. The van der Waals surface area contributed by atoms with Crippen LogP contribution in [-0.4, -0.2) is 19.0 Å². The molecule has 1 amide bonds. The van der Waals surface area contributed by atoms with Crippen molar-refractivity contribution in [3.63, 3.8) is 0 Å². The zero-order chi connectivity index (χ0) is 15.2. The molecule has 0 bridgehead atoms. The fraction of sp³-hybridized carbons (Fsp3) is 0.250. The van der Waals surface area contributed by atoms with Gasteiger partial charge in [0.15, 0.2) is 0 Å². The third-order valence-electron chi connectivity index (χ3n) is 3.21. The molecule has 5 nitrogen and oxygen atoms in total. The molecule has 0 aliphatic carbocycles. The first kappa shape index (κ1) is 14.8. The van der Waals surface area contributed by atoms with Crippen LogP contribution in [-0.2, 0) is 9.53 Å². The Balaban J connectivity index is 2.18. The zero-order valence-electron chi connectivity index (χ0n) is 12.0. The second-order valence-corrected chi connectivity index (χ2v) is 4.61. The largest absolute Gasteiger partial charge is 0.469 e. The monoisotopic (exact) mass is 287 g/mol. The van der Waals surface area contributed by atoms with Crippen molar-refractivity contribution < 1.29 is 18.7 Å². The summed E-state index contributed by atoms with van der Waals surface area (Å²) in [6.45, 7) is 1.72. The Kier molecular flexibility index (Phi) is 4.77. The molecule has 1 atom stereocenters. The summed E-state index contributed by atoms with van der Waals surface area (Å²) in [5.41, 5.74) is 1.30. The lowest BCUT2D eigenvalue weighted by atomic mass is 10.0. The number of benzene rings is 1. The summed E-state index contributed by atoms with van der Waals surface area (Å²) < 4.78 is 9.81. The molecule has 0 radical (unpaired) electrons. The van der Waals surface area contributed by atoms with E-state index in [1.165, 1.54) is 13.4 Å². The maximum Gasteiger partial charge on any atom is 0.307 e. The fourth-order valence-corrected chi connectivity index (χ4v) is 2.04. The van der Waals surface area contributed by atoms with Crippen molar-refractivity contribution >= 4 is 11.9 Å². The maximum absolute atomic E-state index is 12.3. The van der Waals surface area contributed by atoms with E-state index in [-0.39, 0.29) is 18.3 Å². The number of carbonyl (C=O) groups excluding carboxylic acids is 2. The number of rotatable bonds is 5. The highest BCUT2D eigenvalue weighted by molar-refractivity contribution is 5.95. The van der Waals surface area contributed by atoms with Gasteiger partial charge in [-0.1, -0.05) is 30.3 Å². The minimum atomic E-state index is -0.444. The first-order chi connectivity index (χ1) is 10.1. The molecule has 1 heterocycles. The number of hydrogen-bond donors (Lipinski definition) is 1. The number of amides is 1. The van der Waals surface area contributed by atoms with Gasteiger partial charge in [-0.2, -0.15) is 0 Å². The van der Waals surface area contributed by atoms with Gasteiger partial charge in [-0.3, -0.25) is 9.59 Å². The van der Waals surface area contributed by atoms with Crippen LogP contribution in [0.15, 0.2) is 47.1 Å². The third kappa shape index (κ3) is 3.72. The predicted molar refractivity (Wildman–Crippen MR) is 76.7 cm³/mol. The van der Waals surface area contributed by atoms with Gasteiger partial charge in [0.25, 0.3) is 5.91 Å². The Morgan fingerprint density at radius 1 is 1.24 bits per heavy atom. The van der Waals surface area contributed by atoms with Crippen molar-refractivity contribution in [1.29, 1.82) is 0 Å². The Morgan fingerprint density at radius 3 is 2.52 bits per heavy atom. The van der Waals surface area contributed by atoms with Crippen LogP contribution in [0.4, 0.5) is 0 Å². The molecule has 0 saturated heterocycles. The van der Waals surface area contributed by atoms with E-state index in [1.807, 2.05) is 30.3 Å². The number of esters is 1. The van der Waals surface area contributed by atoms with Gasteiger partial charge in [0.1, 0.15) is 5.76 Å². The predicted octanol–water partition coefficient (Wildman–Crippen LogP) is 2.62. The molecule has 1 unspecified atom stereocenters. The molecule has 1 N–H and O–H groups in total. The number of nitrogens with one attached hydrogen (secondary N) is 1. The van der Waals surface area contributed by atoms with Gasteiger partial charge >= 0.3 is 5.97 Å². The van der Waals surface area contributed by atoms with E-state index in [9.17, 15) is 9.59 Å². The highest BCUT2D eigenvalue weighted by atomic mass is 16.5. The molecular formula is C16H17NO4. The van der Waals surface area contributed by atoms with Crippen LogP contribution in [0.1, 0.15) is 34.1 Å². The summed E-state index contributed by atoms with van der Waals surface area (Å²) in [4.78, 5) is 23.8. The van der Waals surface area contributed by atoms with Gasteiger partial charge in [-0.05, 0) is 18.6 Å². The summed E-state index contributed by atoms with van der Waals surface area (Å²) in [6.07, 6.45) is 1.53. The van der Waals surface area contributed by atoms with Crippen LogP contribution in [0.2, 0.25) is 0 Å². The van der Waals surface area contributed by atoms with Crippen molar-refractivity contribution in [2.45, 2.75) is 19.4 Å². The van der Waals surface area contributed by atoms with E-state index in [2.05, 4.69) is 10.1 Å². The average molecular weight is 287 g/mol. The summed E-state index contributed by atoms with van der Waals surface area (Å²) in [5.74, 6) is -0.121. The Labute approximate surface area is 122 Å². The van der Waals surface area contributed by atoms with Crippen molar-refractivity contribution in [2.24, 2.45) is 0 Å². The molecule has 2 rings (SSSR count). The Hall–Kier alpha value is -2.56. The molecule has 110 valence electrons. The lowest BCUT2D eigenvalue weighted by molar-refractivity contribution is -0.141. The smallest absolute Gasteiger partial charge is 0.307 e.